The third kappa shape index (κ3) is 3.14. The van der Waals surface area contributed by atoms with Crippen LogP contribution in [0.3, 0.4) is 0 Å². The van der Waals surface area contributed by atoms with Crippen molar-refractivity contribution in [2.45, 2.75) is 20.8 Å². The first-order valence-corrected chi connectivity index (χ1v) is 7.86. The Kier molecular flexibility index (Phi) is 3.76. The molecule has 0 radical (unpaired) electrons. The Balaban J connectivity index is 1.86. The molecule has 1 N–H and O–H groups in total. The molecule has 0 unspecified atom stereocenters. The van der Waals surface area contributed by atoms with Gasteiger partial charge in [0, 0.05) is 16.6 Å². The zero-order valence-corrected chi connectivity index (χ0v) is 13.3. The molecule has 106 valence electrons. The highest BCUT2D eigenvalue weighted by molar-refractivity contribution is 7.14. The lowest BCUT2D eigenvalue weighted by Gasteiger charge is -2.04. The van der Waals surface area contributed by atoms with Crippen LogP contribution >= 0.6 is 11.3 Å². The van der Waals surface area contributed by atoms with E-state index in [0.717, 1.165) is 16.5 Å². The standard InChI is InChI=1S/C18H18N2S/c1-12-5-8-15(9-6-12)19-18-20-17(11-21-18)16-10-13(2)4-7-14(16)3/h4-11H,1-3H3,(H,19,20). The predicted octanol–water partition coefficient (Wildman–Crippen LogP) is 5.48. The fourth-order valence-corrected chi connectivity index (χ4v) is 2.96. The van der Waals surface area contributed by atoms with Crippen molar-refractivity contribution < 1.29 is 0 Å². The number of hydrogen-bond acceptors (Lipinski definition) is 3. The summed E-state index contributed by atoms with van der Waals surface area (Å²) in [5, 5.41) is 6.40. The molecule has 2 aromatic carbocycles. The van der Waals surface area contributed by atoms with E-state index >= 15 is 0 Å². The van der Waals surface area contributed by atoms with Gasteiger partial charge in [0.1, 0.15) is 0 Å². The molecule has 0 aliphatic carbocycles. The third-order valence-electron chi connectivity index (χ3n) is 3.48. The highest BCUT2D eigenvalue weighted by Crippen LogP contribution is 2.29. The van der Waals surface area contributed by atoms with Crippen LogP contribution in [0.2, 0.25) is 0 Å². The number of hydrogen-bond donors (Lipinski definition) is 1. The lowest BCUT2D eigenvalue weighted by molar-refractivity contribution is 1.33. The van der Waals surface area contributed by atoms with Gasteiger partial charge in [-0.3, -0.25) is 0 Å². The Morgan fingerprint density at radius 2 is 1.62 bits per heavy atom. The van der Waals surface area contributed by atoms with Gasteiger partial charge in [-0.25, -0.2) is 4.98 Å². The zero-order valence-electron chi connectivity index (χ0n) is 12.5. The lowest BCUT2D eigenvalue weighted by Crippen LogP contribution is -1.90. The molecule has 1 heterocycles. The van der Waals surface area contributed by atoms with Gasteiger partial charge in [0.25, 0.3) is 0 Å². The molecule has 0 atom stereocenters. The van der Waals surface area contributed by atoms with Crippen LogP contribution in [0.4, 0.5) is 10.8 Å². The Hall–Kier alpha value is -2.13. The van der Waals surface area contributed by atoms with E-state index in [1.165, 1.54) is 22.3 Å². The van der Waals surface area contributed by atoms with Crippen molar-refractivity contribution in [2.24, 2.45) is 0 Å². The molecule has 0 aliphatic heterocycles. The molecule has 0 aliphatic rings. The molecule has 3 aromatic rings. The number of rotatable bonds is 3. The largest absolute Gasteiger partial charge is 0.332 e. The maximum Gasteiger partial charge on any atom is 0.187 e. The summed E-state index contributed by atoms with van der Waals surface area (Å²) in [6.07, 6.45) is 0. The second-order valence-corrected chi connectivity index (χ2v) is 6.21. The summed E-state index contributed by atoms with van der Waals surface area (Å²) in [6, 6.07) is 14.8. The van der Waals surface area contributed by atoms with Gasteiger partial charge >= 0.3 is 0 Å². The quantitative estimate of drug-likeness (QED) is 0.692. The minimum absolute atomic E-state index is 0.926. The summed E-state index contributed by atoms with van der Waals surface area (Å²) in [5.74, 6) is 0. The summed E-state index contributed by atoms with van der Waals surface area (Å²) in [4.78, 5) is 4.71. The average molecular weight is 294 g/mol. The molecule has 0 spiro atoms. The molecule has 1 aromatic heterocycles. The summed E-state index contributed by atoms with van der Waals surface area (Å²) < 4.78 is 0. The number of nitrogens with one attached hydrogen (secondary N) is 1. The summed E-state index contributed by atoms with van der Waals surface area (Å²) in [6.45, 7) is 6.33. The van der Waals surface area contributed by atoms with E-state index in [9.17, 15) is 0 Å². The number of benzene rings is 2. The Bertz CT molecular complexity index is 757. The van der Waals surface area contributed by atoms with E-state index in [4.69, 9.17) is 4.98 Å². The molecular weight excluding hydrogens is 276 g/mol. The van der Waals surface area contributed by atoms with Crippen molar-refractivity contribution in [3.8, 4) is 11.3 Å². The SMILES string of the molecule is Cc1ccc(Nc2nc(-c3cc(C)ccc3C)cs2)cc1. The summed E-state index contributed by atoms with van der Waals surface area (Å²) >= 11 is 1.64. The average Bonchev–Trinajstić information content (AvgIpc) is 2.92. The first kappa shape index (κ1) is 13.8. The molecule has 0 fully saturated rings. The zero-order chi connectivity index (χ0) is 14.8. The van der Waals surface area contributed by atoms with Crippen molar-refractivity contribution >= 4 is 22.2 Å². The van der Waals surface area contributed by atoms with Crippen LogP contribution < -0.4 is 5.32 Å². The summed E-state index contributed by atoms with van der Waals surface area (Å²) in [5.41, 5.74) is 7.10. The highest BCUT2D eigenvalue weighted by atomic mass is 32.1. The highest BCUT2D eigenvalue weighted by Gasteiger charge is 2.07. The molecule has 3 heteroatoms. The van der Waals surface area contributed by atoms with Crippen LogP contribution in [-0.4, -0.2) is 4.98 Å². The summed E-state index contributed by atoms with van der Waals surface area (Å²) in [7, 11) is 0. The second kappa shape index (κ2) is 5.70. The first-order valence-electron chi connectivity index (χ1n) is 6.99. The maximum atomic E-state index is 4.71. The second-order valence-electron chi connectivity index (χ2n) is 5.35. The van der Waals surface area contributed by atoms with Gasteiger partial charge in [-0.05, 0) is 44.5 Å². The number of aromatic nitrogens is 1. The van der Waals surface area contributed by atoms with Gasteiger partial charge in [0.15, 0.2) is 5.13 Å². The molecular formula is C18H18N2S. The van der Waals surface area contributed by atoms with Crippen molar-refractivity contribution in [2.75, 3.05) is 5.32 Å². The number of nitrogens with zero attached hydrogens (tertiary/aromatic N) is 1. The van der Waals surface area contributed by atoms with Crippen LogP contribution in [0.25, 0.3) is 11.3 Å². The monoisotopic (exact) mass is 294 g/mol. The van der Waals surface area contributed by atoms with Crippen molar-refractivity contribution in [1.82, 2.24) is 4.98 Å². The van der Waals surface area contributed by atoms with E-state index in [1.54, 1.807) is 11.3 Å². The molecule has 0 saturated carbocycles. The molecule has 3 rings (SSSR count). The fraction of sp³-hybridized carbons (Fsp3) is 0.167. The van der Waals surface area contributed by atoms with Crippen LogP contribution in [0.1, 0.15) is 16.7 Å². The van der Waals surface area contributed by atoms with Crippen LogP contribution in [0.5, 0.6) is 0 Å². The predicted molar refractivity (Wildman–Crippen MR) is 91.5 cm³/mol. The van der Waals surface area contributed by atoms with Gasteiger partial charge in [-0.1, -0.05) is 35.4 Å². The molecule has 21 heavy (non-hydrogen) atoms. The van der Waals surface area contributed by atoms with Gasteiger partial charge in [-0.2, -0.15) is 0 Å². The van der Waals surface area contributed by atoms with E-state index in [0.29, 0.717) is 0 Å². The van der Waals surface area contributed by atoms with Gasteiger partial charge in [0.2, 0.25) is 0 Å². The van der Waals surface area contributed by atoms with Crippen molar-refractivity contribution in [3.05, 3.63) is 64.5 Å². The Morgan fingerprint density at radius 1 is 0.905 bits per heavy atom. The normalized spacial score (nSPS) is 10.6. The molecule has 0 bridgehead atoms. The minimum Gasteiger partial charge on any atom is -0.332 e. The molecule has 0 saturated heterocycles. The topological polar surface area (TPSA) is 24.9 Å². The van der Waals surface area contributed by atoms with E-state index < -0.39 is 0 Å². The van der Waals surface area contributed by atoms with Crippen molar-refractivity contribution in [1.29, 1.82) is 0 Å². The number of aryl methyl sites for hydroxylation is 3. The van der Waals surface area contributed by atoms with Gasteiger partial charge in [-0.15, -0.1) is 11.3 Å². The number of thiazole rings is 1. The fourth-order valence-electron chi connectivity index (χ4n) is 2.23. The smallest absolute Gasteiger partial charge is 0.187 e. The lowest BCUT2D eigenvalue weighted by atomic mass is 10.0. The van der Waals surface area contributed by atoms with Gasteiger partial charge in [0.05, 0.1) is 5.69 Å². The number of anilines is 2. The molecule has 0 amide bonds. The van der Waals surface area contributed by atoms with E-state index in [1.807, 2.05) is 0 Å². The van der Waals surface area contributed by atoms with Crippen LogP contribution in [0.15, 0.2) is 47.8 Å². The van der Waals surface area contributed by atoms with E-state index in [-0.39, 0.29) is 0 Å². The Morgan fingerprint density at radius 3 is 2.38 bits per heavy atom. The van der Waals surface area contributed by atoms with Crippen LogP contribution in [0, 0.1) is 20.8 Å². The maximum absolute atomic E-state index is 4.71. The first-order chi connectivity index (χ1) is 10.1. The Labute approximate surface area is 129 Å². The van der Waals surface area contributed by atoms with Crippen LogP contribution in [-0.2, 0) is 0 Å². The molecule has 2 nitrogen and oxygen atoms in total. The minimum atomic E-state index is 0.926. The third-order valence-corrected chi connectivity index (χ3v) is 4.23. The van der Waals surface area contributed by atoms with E-state index in [2.05, 4.69) is 73.9 Å². The van der Waals surface area contributed by atoms with Crippen molar-refractivity contribution in [3.63, 3.8) is 0 Å². The van der Waals surface area contributed by atoms with Gasteiger partial charge < -0.3 is 5.32 Å².